The second kappa shape index (κ2) is 11.3. The van der Waals surface area contributed by atoms with Gasteiger partial charge in [-0.2, -0.15) is 46.4 Å². The van der Waals surface area contributed by atoms with Gasteiger partial charge in [-0.25, -0.2) is 4.98 Å². The SMILES string of the molecule is [2H]C([2H])([2H])N1[OH+]N(c2[c-]c(C(C)(C)c3[c-]c4c(cc3)c3ccccc3n4-c3cc(-c4ccccc4)ccn3)ccc2)c2ccccc21.[Pt]. The second-order valence-corrected chi connectivity index (χ2v) is 11.5. The Kier molecular flexibility index (Phi) is 6.45. The standard InChI is InChI=1S/C39H30N4O.Pt/c1-39(2,29-14-11-15-31(25-29)43-36-19-10-9-18-35(36)41(3)44-43)30-20-21-33-32-16-7-8-17-34(32)42(37(33)26-30)38-24-28(22-23-40-38)27-12-5-4-6-13-27;/h4-24H,1-3H3;/q-2;/p+1/i3D3;. The van der Waals surface area contributed by atoms with Gasteiger partial charge < -0.3 is 4.57 Å². The molecule has 224 valence electrons. The van der Waals surface area contributed by atoms with Crippen LogP contribution >= 0.6 is 0 Å². The zero-order valence-electron chi connectivity index (χ0n) is 27.7. The quantitative estimate of drug-likeness (QED) is 0.130. The molecule has 5 aromatic carbocycles. The minimum Gasteiger partial charge on any atom is -0.319 e. The third kappa shape index (κ3) is 4.84. The molecule has 0 spiro atoms. The van der Waals surface area contributed by atoms with Crippen molar-refractivity contribution >= 4 is 38.9 Å². The monoisotopic (exact) mass is 769 g/mol. The maximum absolute atomic E-state index is 8.03. The summed E-state index contributed by atoms with van der Waals surface area (Å²) in [5.41, 5.74) is 7.53. The van der Waals surface area contributed by atoms with Gasteiger partial charge in [0.25, 0.3) is 0 Å². The number of hydroxylamine groups is 1. The molecule has 0 saturated carbocycles. The molecule has 1 aliphatic rings. The third-order valence-electron chi connectivity index (χ3n) is 8.54. The van der Waals surface area contributed by atoms with Crippen molar-refractivity contribution in [2.45, 2.75) is 19.3 Å². The van der Waals surface area contributed by atoms with Crippen molar-refractivity contribution < 1.29 is 30.1 Å². The Balaban J connectivity index is 0.00000364. The minimum atomic E-state index is -2.42. The van der Waals surface area contributed by atoms with Crippen LogP contribution in [0, 0.1) is 12.1 Å². The molecular formula is C39H31N4OPt-. The number of rotatable bonds is 5. The van der Waals surface area contributed by atoms with E-state index in [0.29, 0.717) is 17.1 Å². The molecule has 7 aromatic rings. The first-order valence-corrected chi connectivity index (χ1v) is 14.6. The number of pyridine rings is 1. The normalized spacial score (nSPS) is 14.1. The summed E-state index contributed by atoms with van der Waals surface area (Å²) in [6.07, 6.45) is 1.86. The van der Waals surface area contributed by atoms with Crippen molar-refractivity contribution in [3.05, 3.63) is 151 Å². The number of hydrogen-bond acceptors (Lipinski definition) is 3. The van der Waals surface area contributed by atoms with Gasteiger partial charge in [0.2, 0.25) is 0 Å². The number of nitrogens with zero attached hydrogens (tertiary/aromatic N) is 4. The van der Waals surface area contributed by atoms with Gasteiger partial charge in [0.05, 0.1) is 11.1 Å². The first kappa shape index (κ1) is 25.6. The molecule has 6 heteroatoms. The van der Waals surface area contributed by atoms with Gasteiger partial charge in [0.1, 0.15) is 17.2 Å². The zero-order chi connectivity index (χ0) is 32.3. The summed E-state index contributed by atoms with van der Waals surface area (Å²) >= 11 is 0. The third-order valence-corrected chi connectivity index (χ3v) is 8.54. The van der Waals surface area contributed by atoms with E-state index in [1.807, 2.05) is 66.9 Å². The van der Waals surface area contributed by atoms with Crippen LogP contribution in [0.4, 0.5) is 17.1 Å². The van der Waals surface area contributed by atoms with E-state index < -0.39 is 12.4 Å². The van der Waals surface area contributed by atoms with Crippen molar-refractivity contribution in [2.24, 2.45) is 0 Å². The van der Waals surface area contributed by atoms with Gasteiger partial charge >= 0.3 is 0 Å². The number of para-hydroxylation sites is 3. The van der Waals surface area contributed by atoms with Crippen LogP contribution in [0.25, 0.3) is 38.8 Å². The number of benzene rings is 5. The fourth-order valence-corrected chi connectivity index (χ4v) is 6.12. The van der Waals surface area contributed by atoms with Crippen molar-refractivity contribution in [2.75, 3.05) is 17.1 Å². The molecule has 8 rings (SSSR count). The number of fused-ring (bicyclic) bond motifs is 4. The Hall–Kier alpha value is -4.70. The van der Waals surface area contributed by atoms with Crippen molar-refractivity contribution in [1.29, 1.82) is 0 Å². The van der Waals surface area contributed by atoms with Crippen LogP contribution in [0.2, 0.25) is 0 Å². The van der Waals surface area contributed by atoms with Crippen LogP contribution in [0.15, 0.2) is 128 Å². The maximum atomic E-state index is 8.03. The predicted molar refractivity (Wildman–Crippen MR) is 179 cm³/mol. The molecule has 2 aromatic heterocycles. The molecule has 0 fully saturated rings. The maximum Gasteiger partial charge on any atom is 0.145 e. The number of anilines is 3. The number of aromatic nitrogens is 2. The van der Waals surface area contributed by atoms with Gasteiger partial charge in [-0.3, -0.25) is 0 Å². The van der Waals surface area contributed by atoms with Crippen LogP contribution in [-0.4, -0.2) is 21.5 Å². The van der Waals surface area contributed by atoms with Crippen molar-refractivity contribution in [1.82, 2.24) is 9.55 Å². The summed E-state index contributed by atoms with van der Waals surface area (Å²) in [4.78, 5) is 9.32. The van der Waals surface area contributed by atoms with E-state index in [1.165, 1.54) is 0 Å². The van der Waals surface area contributed by atoms with Crippen LogP contribution in [0.5, 0.6) is 0 Å². The first-order chi connectivity index (χ1) is 22.7. The van der Waals surface area contributed by atoms with E-state index in [4.69, 9.17) is 9.10 Å². The molecule has 0 radical (unpaired) electrons. The number of hydrogen-bond donors (Lipinski definition) is 0. The molecule has 0 bridgehead atoms. The summed E-state index contributed by atoms with van der Waals surface area (Å²) in [5.74, 6) is 0.824. The van der Waals surface area contributed by atoms with Crippen molar-refractivity contribution in [3.63, 3.8) is 0 Å². The molecule has 0 amide bonds. The summed E-state index contributed by atoms with van der Waals surface area (Å²) in [7, 11) is 0. The largest absolute Gasteiger partial charge is 0.319 e. The van der Waals surface area contributed by atoms with Gasteiger partial charge in [0.15, 0.2) is 0 Å². The van der Waals surface area contributed by atoms with Crippen LogP contribution < -0.4 is 10.1 Å². The van der Waals surface area contributed by atoms with Gasteiger partial charge in [-0.05, 0) is 52.3 Å². The topological polar surface area (TPSA) is 37.1 Å². The summed E-state index contributed by atoms with van der Waals surface area (Å²) < 4.78 is 26.3. The molecule has 0 aliphatic carbocycles. The molecule has 1 N–H and O–H groups in total. The summed E-state index contributed by atoms with van der Waals surface area (Å²) in [6.45, 7) is 1.90. The molecular weight excluding hydrogens is 736 g/mol. The molecule has 1 aliphatic heterocycles. The van der Waals surface area contributed by atoms with Crippen molar-refractivity contribution in [3.8, 4) is 16.9 Å². The molecule has 0 unspecified atom stereocenters. The average Bonchev–Trinajstić information content (AvgIpc) is 3.65. The fourth-order valence-electron chi connectivity index (χ4n) is 6.12. The Morgan fingerprint density at radius 1 is 0.711 bits per heavy atom. The van der Waals surface area contributed by atoms with E-state index in [9.17, 15) is 0 Å². The van der Waals surface area contributed by atoms with Crippen LogP contribution in [-0.2, 0) is 26.5 Å². The first-order valence-electron chi connectivity index (χ1n) is 16.1. The molecule has 0 atom stereocenters. The molecule has 3 heterocycles. The van der Waals surface area contributed by atoms with E-state index in [2.05, 4.69) is 90.1 Å². The summed E-state index contributed by atoms with van der Waals surface area (Å²) in [5, 5.41) is 4.98. The van der Waals surface area contributed by atoms with E-state index >= 15 is 0 Å². The van der Waals surface area contributed by atoms with Gasteiger partial charge in [-0.15, -0.1) is 27.6 Å². The van der Waals surface area contributed by atoms with Gasteiger partial charge in [0, 0.05) is 38.5 Å². The van der Waals surface area contributed by atoms with E-state index in [0.717, 1.165) is 54.9 Å². The van der Waals surface area contributed by atoms with Crippen LogP contribution in [0.3, 0.4) is 0 Å². The Labute approximate surface area is 281 Å². The Bertz CT molecular complexity index is 2280. The van der Waals surface area contributed by atoms with E-state index in [-0.39, 0.29) is 21.1 Å². The fraction of sp³-hybridized carbons (Fsp3) is 0.103. The average molecular weight is 770 g/mol. The minimum absolute atomic E-state index is 0. The van der Waals surface area contributed by atoms with Crippen LogP contribution in [0.1, 0.15) is 29.1 Å². The molecule has 45 heavy (non-hydrogen) atoms. The molecule has 5 nitrogen and oxygen atoms in total. The smallest absolute Gasteiger partial charge is 0.145 e. The van der Waals surface area contributed by atoms with E-state index in [1.54, 1.807) is 11.1 Å². The Morgan fingerprint density at radius 2 is 1.47 bits per heavy atom. The predicted octanol–water partition coefficient (Wildman–Crippen LogP) is 9.20. The zero-order valence-corrected chi connectivity index (χ0v) is 26.9. The Morgan fingerprint density at radius 3 is 2.31 bits per heavy atom. The molecule has 0 saturated heterocycles. The second-order valence-electron chi connectivity index (χ2n) is 11.5. The summed E-state index contributed by atoms with van der Waals surface area (Å²) in [6, 6.07) is 47.8. The van der Waals surface area contributed by atoms with Gasteiger partial charge in [-0.1, -0.05) is 80.0 Å².